The van der Waals surface area contributed by atoms with Gasteiger partial charge in [0.2, 0.25) is 0 Å². The van der Waals surface area contributed by atoms with Gasteiger partial charge in [-0.25, -0.2) is 9.07 Å². The molecule has 2 aromatic heterocycles. The molecular weight excluding hydrogens is 456 g/mol. The average molecular weight is 474 g/mol. The first-order valence-electron chi connectivity index (χ1n) is 9.57. The molecule has 0 atom stereocenters. The van der Waals surface area contributed by atoms with Crippen LogP contribution >= 0.6 is 23.2 Å². The average Bonchev–Trinajstić information content (AvgIpc) is 3.39. The van der Waals surface area contributed by atoms with E-state index in [1.165, 1.54) is 23.0 Å². The van der Waals surface area contributed by atoms with Crippen LogP contribution in [0.3, 0.4) is 0 Å². The van der Waals surface area contributed by atoms with Gasteiger partial charge in [-0.05, 0) is 54.4 Å². The number of amides is 1. The van der Waals surface area contributed by atoms with Crippen molar-refractivity contribution in [1.82, 2.24) is 19.6 Å². The molecule has 0 aliphatic carbocycles. The van der Waals surface area contributed by atoms with Crippen LogP contribution in [-0.4, -0.2) is 25.5 Å². The topological polar surface area (TPSA) is 74.0 Å². The zero-order valence-electron chi connectivity index (χ0n) is 16.9. The number of carbonyl (C=O) groups excluding carboxylic acids is 1. The molecule has 0 saturated carbocycles. The maximum atomic E-state index is 13.2. The number of hydrogen-bond acceptors (Lipinski definition) is 4. The van der Waals surface area contributed by atoms with Gasteiger partial charge >= 0.3 is 0 Å². The fourth-order valence-electron chi connectivity index (χ4n) is 3.00. The quantitative estimate of drug-likeness (QED) is 0.401. The molecule has 0 fully saturated rings. The highest BCUT2D eigenvalue weighted by molar-refractivity contribution is 6.31. The van der Waals surface area contributed by atoms with Crippen LogP contribution in [0.2, 0.25) is 10.0 Å². The van der Waals surface area contributed by atoms with Crippen LogP contribution < -0.4 is 10.1 Å². The van der Waals surface area contributed by atoms with Crippen LogP contribution in [-0.2, 0) is 13.3 Å². The summed E-state index contributed by atoms with van der Waals surface area (Å²) in [7, 11) is 0. The van der Waals surface area contributed by atoms with Gasteiger partial charge in [0.1, 0.15) is 11.6 Å². The number of halogens is 3. The maximum Gasteiger partial charge on any atom is 0.276 e. The van der Waals surface area contributed by atoms with Crippen molar-refractivity contribution >= 4 is 34.8 Å². The first kappa shape index (κ1) is 21.9. The van der Waals surface area contributed by atoms with E-state index in [2.05, 4.69) is 15.5 Å². The molecule has 1 N–H and O–H groups in total. The third kappa shape index (κ3) is 5.27. The van der Waals surface area contributed by atoms with Gasteiger partial charge in [-0.3, -0.25) is 9.48 Å². The zero-order valence-corrected chi connectivity index (χ0v) is 18.4. The van der Waals surface area contributed by atoms with Gasteiger partial charge in [0.15, 0.2) is 12.4 Å². The molecule has 10 heteroatoms. The smallest absolute Gasteiger partial charge is 0.276 e. The summed E-state index contributed by atoms with van der Waals surface area (Å²) in [6.07, 6.45) is 4.82. The van der Waals surface area contributed by atoms with Crippen LogP contribution in [0.4, 0.5) is 10.1 Å². The lowest BCUT2D eigenvalue weighted by atomic mass is 10.2. The Hall–Kier alpha value is -3.36. The van der Waals surface area contributed by atoms with E-state index in [0.29, 0.717) is 33.6 Å². The first-order valence-corrected chi connectivity index (χ1v) is 10.3. The van der Waals surface area contributed by atoms with Crippen molar-refractivity contribution in [2.45, 2.75) is 20.2 Å². The molecule has 0 saturated heterocycles. The Kier molecular flexibility index (Phi) is 6.43. The van der Waals surface area contributed by atoms with Crippen molar-refractivity contribution in [3.63, 3.8) is 0 Å². The maximum absolute atomic E-state index is 13.2. The highest BCUT2D eigenvalue weighted by atomic mass is 35.5. The molecule has 0 unspecified atom stereocenters. The van der Waals surface area contributed by atoms with E-state index in [-0.39, 0.29) is 18.3 Å². The normalized spacial score (nSPS) is 10.9. The second-order valence-electron chi connectivity index (χ2n) is 7.04. The SMILES string of the molecule is Cc1cc(Cl)ccc1OCn1ccc(C(=O)Nc2cnn(Cc3ccc(F)cc3Cl)c2)n1. The molecule has 0 aliphatic heterocycles. The third-order valence-corrected chi connectivity index (χ3v) is 5.19. The second kappa shape index (κ2) is 9.42. The van der Waals surface area contributed by atoms with E-state index < -0.39 is 5.82 Å². The summed E-state index contributed by atoms with van der Waals surface area (Å²) in [5, 5.41) is 12.1. The predicted octanol–water partition coefficient (Wildman–Crippen LogP) is 5.17. The number of aryl methyl sites for hydroxylation is 1. The largest absolute Gasteiger partial charge is 0.471 e. The Morgan fingerprint density at radius 3 is 2.78 bits per heavy atom. The molecule has 4 rings (SSSR count). The molecular formula is C22H18Cl2FN5O2. The molecule has 0 spiro atoms. The zero-order chi connectivity index (χ0) is 22.7. The van der Waals surface area contributed by atoms with Crippen LogP contribution in [0, 0.1) is 12.7 Å². The number of hydrogen-bond donors (Lipinski definition) is 1. The van der Waals surface area contributed by atoms with Gasteiger partial charge in [-0.1, -0.05) is 29.3 Å². The third-order valence-electron chi connectivity index (χ3n) is 4.60. The van der Waals surface area contributed by atoms with Crippen LogP contribution in [0.5, 0.6) is 5.75 Å². The number of carbonyl (C=O) groups is 1. The van der Waals surface area contributed by atoms with E-state index in [0.717, 1.165) is 5.56 Å². The Labute approximate surface area is 193 Å². The van der Waals surface area contributed by atoms with Crippen LogP contribution in [0.25, 0.3) is 0 Å². The van der Waals surface area contributed by atoms with Gasteiger partial charge in [0.05, 0.1) is 18.4 Å². The Bertz CT molecular complexity index is 1270. The van der Waals surface area contributed by atoms with Gasteiger partial charge in [-0.15, -0.1) is 0 Å². The van der Waals surface area contributed by atoms with E-state index in [4.69, 9.17) is 27.9 Å². The van der Waals surface area contributed by atoms with Crippen molar-refractivity contribution in [2.75, 3.05) is 5.32 Å². The Morgan fingerprint density at radius 1 is 1.16 bits per heavy atom. The second-order valence-corrected chi connectivity index (χ2v) is 7.88. The number of anilines is 1. The minimum Gasteiger partial charge on any atom is -0.471 e. The van der Waals surface area contributed by atoms with Gasteiger partial charge in [0, 0.05) is 22.4 Å². The summed E-state index contributed by atoms with van der Waals surface area (Å²) in [6.45, 7) is 2.38. The summed E-state index contributed by atoms with van der Waals surface area (Å²) >= 11 is 12.0. The number of aromatic nitrogens is 4. The van der Waals surface area contributed by atoms with E-state index >= 15 is 0 Å². The number of nitrogens with one attached hydrogen (secondary N) is 1. The minimum absolute atomic E-state index is 0.145. The lowest BCUT2D eigenvalue weighted by Crippen LogP contribution is -2.14. The van der Waals surface area contributed by atoms with Gasteiger partial charge in [-0.2, -0.15) is 10.2 Å². The van der Waals surface area contributed by atoms with E-state index in [1.54, 1.807) is 41.3 Å². The van der Waals surface area contributed by atoms with Crippen molar-refractivity contribution in [1.29, 1.82) is 0 Å². The van der Waals surface area contributed by atoms with Crippen LogP contribution in [0.1, 0.15) is 21.6 Å². The predicted molar refractivity (Wildman–Crippen MR) is 120 cm³/mol. The van der Waals surface area contributed by atoms with Crippen LogP contribution in [0.15, 0.2) is 61.1 Å². The van der Waals surface area contributed by atoms with Crippen molar-refractivity contribution < 1.29 is 13.9 Å². The number of nitrogens with zero attached hydrogens (tertiary/aromatic N) is 4. The van der Waals surface area contributed by atoms with Crippen molar-refractivity contribution in [3.8, 4) is 5.75 Å². The summed E-state index contributed by atoms with van der Waals surface area (Å²) in [5.74, 6) is -0.101. The Balaban J connectivity index is 1.35. The van der Waals surface area contributed by atoms with Gasteiger partial charge in [0.25, 0.3) is 5.91 Å². The number of benzene rings is 2. The summed E-state index contributed by atoms with van der Waals surface area (Å²) < 4.78 is 22.0. The van der Waals surface area contributed by atoms with E-state index in [1.807, 2.05) is 13.0 Å². The standard InChI is InChI=1S/C22H18Cl2FN5O2/c1-14-8-16(23)3-5-21(14)32-13-29-7-6-20(28-29)22(31)27-18-10-26-30(12-18)11-15-2-4-17(25)9-19(15)24/h2-10,12H,11,13H2,1H3,(H,27,31). The highest BCUT2D eigenvalue weighted by Crippen LogP contribution is 2.22. The monoisotopic (exact) mass is 473 g/mol. The van der Waals surface area contributed by atoms with Gasteiger partial charge < -0.3 is 10.1 Å². The molecule has 0 aliphatic rings. The molecule has 7 nitrogen and oxygen atoms in total. The fourth-order valence-corrected chi connectivity index (χ4v) is 3.45. The minimum atomic E-state index is -0.402. The summed E-state index contributed by atoms with van der Waals surface area (Å²) in [4.78, 5) is 12.5. The number of rotatable bonds is 7. The number of ether oxygens (including phenoxy) is 1. The van der Waals surface area contributed by atoms with Crippen molar-refractivity contribution in [3.05, 3.63) is 93.7 Å². The molecule has 1 amide bonds. The molecule has 164 valence electrons. The van der Waals surface area contributed by atoms with E-state index in [9.17, 15) is 9.18 Å². The Morgan fingerprint density at radius 2 is 2.00 bits per heavy atom. The molecule has 2 aromatic carbocycles. The van der Waals surface area contributed by atoms with Crippen molar-refractivity contribution in [2.24, 2.45) is 0 Å². The first-order chi connectivity index (χ1) is 15.4. The summed E-state index contributed by atoms with van der Waals surface area (Å²) in [6, 6.07) is 11.1. The lowest BCUT2D eigenvalue weighted by molar-refractivity contribution is 0.102. The fraction of sp³-hybridized carbons (Fsp3) is 0.136. The molecule has 0 bridgehead atoms. The highest BCUT2D eigenvalue weighted by Gasteiger charge is 2.12. The molecule has 2 heterocycles. The lowest BCUT2D eigenvalue weighted by Gasteiger charge is -2.09. The molecule has 0 radical (unpaired) electrons. The summed E-state index contributed by atoms with van der Waals surface area (Å²) in [5.41, 5.74) is 2.34. The molecule has 32 heavy (non-hydrogen) atoms. The molecule has 4 aromatic rings.